The zero-order valence-corrected chi connectivity index (χ0v) is 26.3. The molecule has 0 unspecified atom stereocenters. The largest absolute Gasteiger partial charge is 0.465 e. The van der Waals surface area contributed by atoms with E-state index in [4.69, 9.17) is 4.74 Å². The monoisotopic (exact) mass is 642 g/mol. The molecule has 1 N–H and O–H groups in total. The predicted octanol–water partition coefficient (Wildman–Crippen LogP) is 7.38. The van der Waals surface area contributed by atoms with E-state index in [1.54, 1.807) is 43.1 Å². The molecule has 244 valence electrons. The zero-order valence-electron chi connectivity index (χ0n) is 26.3. The molecule has 5 rings (SSSR count). The standard InChI is InChI=1S/C38H37F3N2O4/c1-3-47-36(46)37(27-12-5-4-6-13-27)23-22-32(30-15-9-10-17-33(30)37)35(45)43(2)25-11-24-42-34(44)31-16-8-7-14-29(31)26-18-20-28(21-19-26)38(39,40)41/h4-10,12-21,32H,3,11,22-25H2,1-2H3,(H,42,44)/t32-,37+/m1/s1. The van der Waals surface area contributed by atoms with E-state index in [1.807, 2.05) is 54.6 Å². The number of hydrogen-bond acceptors (Lipinski definition) is 4. The van der Waals surface area contributed by atoms with Gasteiger partial charge in [-0.2, -0.15) is 13.2 Å². The van der Waals surface area contributed by atoms with Gasteiger partial charge in [-0.1, -0.05) is 84.9 Å². The summed E-state index contributed by atoms with van der Waals surface area (Å²) in [4.78, 5) is 42.1. The molecule has 4 aromatic rings. The minimum atomic E-state index is -4.44. The first kappa shape index (κ1) is 33.4. The third-order valence-electron chi connectivity index (χ3n) is 8.82. The SMILES string of the molecule is CCOC(=O)[C@]1(c2ccccc2)CC[C@@H](C(=O)N(C)CCCNC(=O)c2ccccc2-c2ccc(C(F)(F)F)cc2)c2ccccc21. The molecule has 0 aliphatic heterocycles. The topological polar surface area (TPSA) is 75.7 Å². The van der Waals surface area contributed by atoms with E-state index in [0.717, 1.165) is 28.8 Å². The van der Waals surface area contributed by atoms with Gasteiger partial charge in [0.2, 0.25) is 5.91 Å². The van der Waals surface area contributed by atoms with Gasteiger partial charge in [-0.25, -0.2) is 0 Å². The van der Waals surface area contributed by atoms with E-state index in [-0.39, 0.29) is 24.4 Å². The summed E-state index contributed by atoms with van der Waals surface area (Å²) in [6, 6.07) is 28.6. The van der Waals surface area contributed by atoms with E-state index in [2.05, 4.69) is 5.32 Å². The molecule has 6 nitrogen and oxygen atoms in total. The summed E-state index contributed by atoms with van der Waals surface area (Å²) in [5.41, 5.74) is 2.03. The Kier molecular flexibility index (Phi) is 10.1. The number of hydrogen-bond donors (Lipinski definition) is 1. The van der Waals surface area contributed by atoms with Crippen LogP contribution < -0.4 is 5.32 Å². The Morgan fingerprint density at radius 1 is 0.894 bits per heavy atom. The summed E-state index contributed by atoms with van der Waals surface area (Å²) in [7, 11) is 1.73. The lowest BCUT2D eigenvalue weighted by Gasteiger charge is -2.41. The van der Waals surface area contributed by atoms with Crippen molar-refractivity contribution >= 4 is 17.8 Å². The second-order valence-electron chi connectivity index (χ2n) is 11.7. The molecule has 0 aromatic heterocycles. The first-order valence-electron chi connectivity index (χ1n) is 15.7. The van der Waals surface area contributed by atoms with Crippen LogP contribution >= 0.6 is 0 Å². The minimum Gasteiger partial charge on any atom is -0.465 e. The van der Waals surface area contributed by atoms with E-state index in [0.29, 0.717) is 49.0 Å². The number of fused-ring (bicyclic) bond motifs is 1. The molecule has 4 aromatic carbocycles. The number of halogens is 3. The van der Waals surface area contributed by atoms with E-state index >= 15 is 0 Å². The molecule has 0 fully saturated rings. The van der Waals surface area contributed by atoms with Crippen LogP contribution in [0, 0.1) is 0 Å². The Labute approximate surface area is 272 Å². The highest BCUT2D eigenvalue weighted by molar-refractivity contribution is 6.01. The van der Waals surface area contributed by atoms with Crippen molar-refractivity contribution in [3.05, 3.63) is 131 Å². The van der Waals surface area contributed by atoms with Gasteiger partial charge >= 0.3 is 12.1 Å². The molecule has 2 amide bonds. The summed E-state index contributed by atoms with van der Waals surface area (Å²) >= 11 is 0. The molecule has 9 heteroatoms. The van der Waals surface area contributed by atoms with Crippen molar-refractivity contribution in [2.24, 2.45) is 0 Å². The summed E-state index contributed by atoms with van der Waals surface area (Å²) in [6.45, 7) is 2.71. The van der Waals surface area contributed by atoms with Crippen LogP contribution in [0.4, 0.5) is 13.2 Å². The van der Waals surface area contributed by atoms with Crippen LogP contribution in [0.1, 0.15) is 64.7 Å². The molecule has 0 spiro atoms. The molecule has 1 aliphatic carbocycles. The van der Waals surface area contributed by atoms with Gasteiger partial charge in [-0.3, -0.25) is 14.4 Å². The van der Waals surface area contributed by atoms with Crippen LogP contribution in [0.15, 0.2) is 103 Å². The lowest BCUT2D eigenvalue weighted by Crippen LogP contribution is -2.45. The second-order valence-corrected chi connectivity index (χ2v) is 11.7. The molecule has 2 atom stereocenters. The lowest BCUT2D eigenvalue weighted by molar-refractivity contribution is -0.149. The smallest absolute Gasteiger partial charge is 0.416 e. The highest BCUT2D eigenvalue weighted by atomic mass is 19.4. The Hall–Kier alpha value is -4.92. The number of benzene rings is 4. The maximum absolute atomic E-state index is 13.8. The van der Waals surface area contributed by atoms with Crippen LogP contribution in [-0.2, 0) is 25.9 Å². The number of esters is 1. The predicted molar refractivity (Wildman–Crippen MR) is 174 cm³/mol. The first-order chi connectivity index (χ1) is 22.6. The third kappa shape index (κ3) is 6.94. The Bertz CT molecular complexity index is 1720. The zero-order chi connectivity index (χ0) is 33.6. The van der Waals surface area contributed by atoms with Crippen LogP contribution in [0.25, 0.3) is 11.1 Å². The van der Waals surface area contributed by atoms with Gasteiger partial charge in [-0.05, 0) is 72.2 Å². The van der Waals surface area contributed by atoms with Crippen LogP contribution in [0.5, 0.6) is 0 Å². The fraction of sp³-hybridized carbons (Fsp3) is 0.289. The van der Waals surface area contributed by atoms with Crippen molar-refractivity contribution in [2.75, 3.05) is 26.7 Å². The lowest BCUT2D eigenvalue weighted by atomic mass is 9.63. The van der Waals surface area contributed by atoms with Gasteiger partial charge in [0.05, 0.1) is 18.1 Å². The summed E-state index contributed by atoms with van der Waals surface area (Å²) in [5.74, 6) is -1.19. The summed E-state index contributed by atoms with van der Waals surface area (Å²) in [5, 5.41) is 2.88. The van der Waals surface area contributed by atoms with Gasteiger partial charge in [0.1, 0.15) is 5.41 Å². The second kappa shape index (κ2) is 14.2. The summed E-state index contributed by atoms with van der Waals surface area (Å²) < 4.78 is 44.7. The molecule has 0 radical (unpaired) electrons. The molecule has 0 saturated heterocycles. The molecule has 47 heavy (non-hydrogen) atoms. The first-order valence-corrected chi connectivity index (χ1v) is 15.7. The van der Waals surface area contributed by atoms with Crippen molar-refractivity contribution in [3.8, 4) is 11.1 Å². The average Bonchev–Trinajstić information content (AvgIpc) is 3.09. The number of rotatable bonds is 10. The Balaban J connectivity index is 1.24. The van der Waals surface area contributed by atoms with E-state index in [9.17, 15) is 27.6 Å². The van der Waals surface area contributed by atoms with Gasteiger partial charge in [0.25, 0.3) is 5.91 Å². The maximum atomic E-state index is 13.8. The van der Waals surface area contributed by atoms with Gasteiger partial charge in [0.15, 0.2) is 0 Å². The van der Waals surface area contributed by atoms with Crippen LogP contribution in [0.3, 0.4) is 0 Å². The molecular formula is C38H37F3N2O4. The van der Waals surface area contributed by atoms with Crippen molar-refractivity contribution < 1.29 is 32.3 Å². The number of alkyl halides is 3. The van der Waals surface area contributed by atoms with Gasteiger partial charge < -0.3 is 15.0 Å². The molecular weight excluding hydrogens is 605 g/mol. The fourth-order valence-corrected chi connectivity index (χ4v) is 6.46. The minimum absolute atomic E-state index is 0.0676. The number of ether oxygens (including phenoxy) is 1. The normalized spacial score (nSPS) is 17.3. The number of amides is 2. The van der Waals surface area contributed by atoms with Crippen molar-refractivity contribution in [3.63, 3.8) is 0 Å². The quantitative estimate of drug-likeness (QED) is 0.145. The van der Waals surface area contributed by atoms with Crippen LogP contribution in [0.2, 0.25) is 0 Å². The Morgan fingerprint density at radius 2 is 1.55 bits per heavy atom. The number of carbonyl (C=O) groups is 3. The number of carbonyl (C=O) groups excluding carboxylic acids is 3. The van der Waals surface area contributed by atoms with E-state index < -0.39 is 23.1 Å². The summed E-state index contributed by atoms with van der Waals surface area (Å²) in [6.07, 6.45) is -3.07. The molecule has 0 heterocycles. The van der Waals surface area contributed by atoms with Gasteiger partial charge in [-0.15, -0.1) is 0 Å². The van der Waals surface area contributed by atoms with Gasteiger partial charge in [0, 0.05) is 25.7 Å². The number of nitrogens with zero attached hydrogens (tertiary/aromatic N) is 1. The molecule has 0 saturated carbocycles. The average molecular weight is 643 g/mol. The van der Waals surface area contributed by atoms with Crippen molar-refractivity contribution in [1.82, 2.24) is 10.2 Å². The van der Waals surface area contributed by atoms with Crippen LogP contribution in [-0.4, -0.2) is 49.4 Å². The van der Waals surface area contributed by atoms with Crippen molar-refractivity contribution in [1.29, 1.82) is 0 Å². The molecule has 1 aliphatic rings. The maximum Gasteiger partial charge on any atom is 0.416 e. The highest BCUT2D eigenvalue weighted by Crippen LogP contribution is 2.48. The fourth-order valence-electron chi connectivity index (χ4n) is 6.46. The number of nitrogens with one attached hydrogen (secondary N) is 1. The molecule has 0 bridgehead atoms. The Morgan fingerprint density at radius 3 is 2.26 bits per heavy atom. The van der Waals surface area contributed by atoms with E-state index in [1.165, 1.54) is 12.1 Å². The number of likely N-dealkylation sites (N-methyl/N-ethyl adjacent to an activating group) is 1. The van der Waals surface area contributed by atoms with Crippen molar-refractivity contribution in [2.45, 2.75) is 43.7 Å². The highest BCUT2D eigenvalue weighted by Gasteiger charge is 2.49. The third-order valence-corrected chi connectivity index (χ3v) is 8.82.